The van der Waals surface area contributed by atoms with Gasteiger partial charge in [-0.2, -0.15) is 0 Å². The van der Waals surface area contributed by atoms with Crippen molar-refractivity contribution in [3.8, 4) is 0 Å². The quantitative estimate of drug-likeness (QED) is 0.822. The molecule has 17 heavy (non-hydrogen) atoms. The highest BCUT2D eigenvalue weighted by Crippen LogP contribution is 2.03. The van der Waals surface area contributed by atoms with E-state index >= 15 is 0 Å². The van der Waals surface area contributed by atoms with Gasteiger partial charge in [0.1, 0.15) is 11.5 Å². The molecule has 1 amide bonds. The third-order valence-corrected chi connectivity index (χ3v) is 2.85. The molecule has 2 rings (SSSR count). The molecule has 0 unspecified atom stereocenters. The average Bonchev–Trinajstić information content (AvgIpc) is 2.83. The minimum Gasteiger partial charge on any atom is -0.382 e. The normalized spacial score (nSPS) is 10.1. The largest absolute Gasteiger partial charge is 0.382 e. The van der Waals surface area contributed by atoms with Gasteiger partial charge in [0.2, 0.25) is 0 Å². The van der Waals surface area contributed by atoms with E-state index in [4.69, 9.17) is 5.73 Å². The van der Waals surface area contributed by atoms with Crippen LogP contribution in [0.2, 0.25) is 0 Å². The van der Waals surface area contributed by atoms with E-state index in [1.54, 1.807) is 17.5 Å². The van der Waals surface area contributed by atoms with Crippen LogP contribution in [-0.4, -0.2) is 27.4 Å². The van der Waals surface area contributed by atoms with Crippen LogP contribution >= 0.6 is 11.3 Å². The van der Waals surface area contributed by atoms with Crippen molar-refractivity contribution in [3.05, 3.63) is 34.7 Å². The van der Waals surface area contributed by atoms with Crippen LogP contribution in [0, 0.1) is 0 Å². The lowest BCUT2D eigenvalue weighted by Crippen LogP contribution is -2.26. The van der Waals surface area contributed by atoms with Crippen molar-refractivity contribution < 1.29 is 4.79 Å². The molecule has 0 atom stereocenters. The van der Waals surface area contributed by atoms with Gasteiger partial charge in [0, 0.05) is 24.5 Å². The Morgan fingerprint density at radius 3 is 2.88 bits per heavy atom. The molecule has 7 heteroatoms. The van der Waals surface area contributed by atoms with Gasteiger partial charge in [-0.3, -0.25) is 4.79 Å². The lowest BCUT2D eigenvalue weighted by Gasteiger charge is -2.02. The highest BCUT2D eigenvalue weighted by Gasteiger charge is 2.06. The lowest BCUT2D eigenvalue weighted by atomic mass is 10.4. The van der Waals surface area contributed by atoms with Crippen LogP contribution in [0.15, 0.2) is 24.0 Å². The molecule has 0 bridgehead atoms. The molecule has 2 aromatic heterocycles. The number of nitrogens with one attached hydrogen (secondary N) is 1. The summed E-state index contributed by atoms with van der Waals surface area (Å²) in [5, 5.41) is 5.64. The Balaban J connectivity index is 1.83. The number of nitrogens with two attached hydrogens (primary N) is 1. The Hall–Kier alpha value is -2.02. The molecule has 0 saturated carbocycles. The van der Waals surface area contributed by atoms with E-state index in [1.807, 2.05) is 5.38 Å². The third-order valence-electron chi connectivity index (χ3n) is 2.01. The van der Waals surface area contributed by atoms with E-state index in [0.29, 0.717) is 18.8 Å². The van der Waals surface area contributed by atoms with Gasteiger partial charge in [-0.05, 0) is 0 Å². The second-order valence-corrected chi connectivity index (χ2v) is 4.24. The Labute approximate surface area is 102 Å². The van der Waals surface area contributed by atoms with Crippen LogP contribution in [0.4, 0.5) is 5.82 Å². The molecule has 0 aliphatic rings. The first-order valence-electron chi connectivity index (χ1n) is 5.00. The molecule has 2 heterocycles. The van der Waals surface area contributed by atoms with E-state index in [2.05, 4.69) is 20.3 Å². The van der Waals surface area contributed by atoms with Gasteiger partial charge >= 0.3 is 0 Å². The number of carbonyl (C=O) groups is 1. The van der Waals surface area contributed by atoms with Gasteiger partial charge in [0.15, 0.2) is 0 Å². The molecule has 0 fully saturated rings. The monoisotopic (exact) mass is 249 g/mol. The van der Waals surface area contributed by atoms with E-state index < -0.39 is 0 Å². The summed E-state index contributed by atoms with van der Waals surface area (Å²) in [5.74, 6) is 0.0402. The van der Waals surface area contributed by atoms with E-state index in [1.165, 1.54) is 12.4 Å². The van der Waals surface area contributed by atoms with E-state index in [9.17, 15) is 4.79 Å². The van der Waals surface area contributed by atoms with Gasteiger partial charge in [0.05, 0.1) is 17.4 Å². The number of rotatable bonds is 4. The van der Waals surface area contributed by atoms with Crippen molar-refractivity contribution >= 4 is 23.1 Å². The fraction of sp³-hybridized carbons (Fsp3) is 0.200. The first kappa shape index (κ1) is 11.5. The second-order valence-electron chi connectivity index (χ2n) is 3.26. The van der Waals surface area contributed by atoms with Crippen LogP contribution in [0.1, 0.15) is 15.5 Å². The van der Waals surface area contributed by atoms with Gasteiger partial charge < -0.3 is 11.1 Å². The average molecular weight is 249 g/mol. The predicted octanol–water partition coefficient (Wildman–Crippen LogP) is 0.488. The van der Waals surface area contributed by atoms with Crippen LogP contribution in [0.5, 0.6) is 0 Å². The molecule has 88 valence electrons. The topological polar surface area (TPSA) is 93.8 Å². The summed E-state index contributed by atoms with van der Waals surface area (Å²) in [4.78, 5) is 23.4. The SMILES string of the molecule is Nc1cnc(C(=O)NCCc2nccs2)cn1. The lowest BCUT2D eigenvalue weighted by molar-refractivity contribution is 0.0949. The number of thiazole rings is 1. The van der Waals surface area contributed by atoms with Crippen molar-refractivity contribution in [2.45, 2.75) is 6.42 Å². The van der Waals surface area contributed by atoms with Gasteiger partial charge in [0.25, 0.3) is 5.91 Å². The summed E-state index contributed by atoms with van der Waals surface area (Å²) in [6.45, 7) is 0.526. The summed E-state index contributed by atoms with van der Waals surface area (Å²) in [7, 11) is 0. The molecule has 0 aliphatic carbocycles. The Morgan fingerprint density at radius 2 is 2.24 bits per heavy atom. The Morgan fingerprint density at radius 1 is 1.35 bits per heavy atom. The van der Waals surface area contributed by atoms with Gasteiger partial charge in [-0.25, -0.2) is 15.0 Å². The molecule has 0 aliphatic heterocycles. The van der Waals surface area contributed by atoms with Crippen molar-refractivity contribution in [3.63, 3.8) is 0 Å². The van der Waals surface area contributed by atoms with Gasteiger partial charge in [-0.1, -0.05) is 0 Å². The summed E-state index contributed by atoms with van der Waals surface area (Å²) in [5.41, 5.74) is 5.64. The maximum atomic E-state index is 11.6. The number of carbonyl (C=O) groups excluding carboxylic acids is 1. The fourth-order valence-corrected chi connectivity index (χ4v) is 1.83. The second kappa shape index (κ2) is 5.35. The number of nitrogens with zero attached hydrogens (tertiary/aromatic N) is 3. The van der Waals surface area contributed by atoms with Crippen molar-refractivity contribution in [1.29, 1.82) is 0 Å². The maximum Gasteiger partial charge on any atom is 0.271 e. The zero-order valence-corrected chi connectivity index (χ0v) is 9.78. The van der Waals surface area contributed by atoms with Crippen LogP contribution < -0.4 is 11.1 Å². The number of hydrogen-bond acceptors (Lipinski definition) is 6. The maximum absolute atomic E-state index is 11.6. The molecule has 2 aromatic rings. The van der Waals surface area contributed by atoms with E-state index in [-0.39, 0.29) is 11.6 Å². The molecule has 6 nitrogen and oxygen atoms in total. The first-order chi connectivity index (χ1) is 8.25. The van der Waals surface area contributed by atoms with Crippen molar-refractivity contribution in [1.82, 2.24) is 20.3 Å². The van der Waals surface area contributed by atoms with Crippen LogP contribution in [0.25, 0.3) is 0 Å². The Bertz CT molecular complexity index is 482. The fourth-order valence-electron chi connectivity index (χ4n) is 1.21. The number of hydrogen-bond donors (Lipinski definition) is 2. The molecule has 3 N–H and O–H groups in total. The molecule has 0 spiro atoms. The first-order valence-corrected chi connectivity index (χ1v) is 5.88. The molecule has 0 aromatic carbocycles. The van der Waals surface area contributed by atoms with E-state index in [0.717, 1.165) is 5.01 Å². The zero-order chi connectivity index (χ0) is 12.1. The number of aromatic nitrogens is 3. The molecular weight excluding hydrogens is 238 g/mol. The number of anilines is 1. The smallest absolute Gasteiger partial charge is 0.271 e. The van der Waals surface area contributed by atoms with Gasteiger partial charge in [-0.15, -0.1) is 11.3 Å². The molecule has 0 saturated heterocycles. The highest BCUT2D eigenvalue weighted by atomic mass is 32.1. The van der Waals surface area contributed by atoms with Crippen LogP contribution in [0.3, 0.4) is 0 Å². The van der Waals surface area contributed by atoms with Crippen molar-refractivity contribution in [2.75, 3.05) is 12.3 Å². The molecule has 0 radical (unpaired) electrons. The number of nitrogen functional groups attached to an aromatic ring is 1. The summed E-state index contributed by atoms with van der Waals surface area (Å²) in [6.07, 6.45) is 5.17. The third kappa shape index (κ3) is 3.22. The Kier molecular flexibility index (Phi) is 3.61. The minimum absolute atomic E-state index is 0.256. The standard InChI is InChI=1S/C10H11N5OS/c11-8-6-14-7(5-15-8)10(16)13-2-1-9-12-3-4-17-9/h3-6H,1-2H2,(H2,11,15)(H,13,16). The van der Waals surface area contributed by atoms with Crippen molar-refractivity contribution in [2.24, 2.45) is 0 Å². The minimum atomic E-state index is -0.256. The summed E-state index contributed by atoms with van der Waals surface area (Å²) >= 11 is 1.57. The van der Waals surface area contributed by atoms with Crippen LogP contribution in [-0.2, 0) is 6.42 Å². The predicted molar refractivity (Wildman–Crippen MR) is 64.6 cm³/mol. The zero-order valence-electron chi connectivity index (χ0n) is 8.96. The number of amides is 1. The summed E-state index contributed by atoms with van der Waals surface area (Å²) in [6, 6.07) is 0. The summed E-state index contributed by atoms with van der Waals surface area (Å²) < 4.78 is 0. The molecular formula is C10H11N5OS. The highest BCUT2D eigenvalue weighted by molar-refractivity contribution is 7.09.